The molecule has 0 atom stereocenters. The minimum atomic E-state index is 0.641. The third-order valence-corrected chi connectivity index (χ3v) is 14.7. The molecule has 0 saturated heterocycles. The molecule has 5 heterocycles. The van der Waals surface area contributed by atoms with Gasteiger partial charge in [-0.2, -0.15) is 0 Å². The van der Waals surface area contributed by atoms with E-state index in [0.717, 1.165) is 76.2 Å². The maximum Gasteiger partial charge on any atom is 0.235 e. The highest BCUT2D eigenvalue weighted by atomic mass is 32.1. The average Bonchev–Trinajstić information content (AvgIpc) is 4.07. The largest absolute Gasteiger partial charge is 0.455 e. The predicted molar refractivity (Wildman–Crippen MR) is 255 cm³/mol. The summed E-state index contributed by atoms with van der Waals surface area (Å²) >= 11 is 3.62. The van der Waals surface area contributed by atoms with E-state index in [1.165, 1.54) is 52.0 Å². The summed E-state index contributed by atoms with van der Waals surface area (Å²) < 4.78 is 14.1. The van der Waals surface area contributed by atoms with Crippen molar-refractivity contribution in [2.24, 2.45) is 0 Å². The van der Waals surface area contributed by atoms with Crippen LogP contribution in [0.1, 0.15) is 0 Å². The Hall–Kier alpha value is -7.38. The summed E-state index contributed by atoms with van der Waals surface area (Å²) in [4.78, 5) is 11.0. The fourth-order valence-electron chi connectivity index (χ4n) is 9.79. The Bertz CT molecular complexity index is 4130. The van der Waals surface area contributed by atoms with Crippen molar-refractivity contribution < 1.29 is 4.42 Å². The van der Waals surface area contributed by atoms with Crippen molar-refractivity contribution >= 4 is 128 Å². The fourth-order valence-corrected chi connectivity index (χ4v) is 12.1. The second-order valence-corrected chi connectivity index (χ2v) is 17.8. The zero-order chi connectivity index (χ0) is 39.1. The highest BCUT2D eigenvalue weighted by Gasteiger charge is 2.24. The zero-order valence-corrected chi connectivity index (χ0v) is 33.4. The third-order valence-electron chi connectivity index (χ3n) is 12.4. The van der Waals surface area contributed by atoms with Crippen LogP contribution in [-0.4, -0.2) is 14.5 Å². The molecule has 6 heteroatoms. The fraction of sp³-hybridized carbons (Fsp3) is 0. The number of thiophene rings is 2. The standard InChI is InChI=1S/C54H29N3OS2/c1-2-12-30(13-3-1)40-29-43-47(35-17-7-6-16-34(35)40)39-25-26-42-49(52(39)58-43)36-18-8-10-20-41(36)57(42)54-55-50(53-51(56-54)38-19-9-11-21-44(38)60-53)32-22-24-37-46(28-32)59-45-27-23-31-14-4-5-15-33(31)48(37)45/h1-29H. The molecule has 0 aliphatic carbocycles. The molecule has 14 rings (SSSR count). The van der Waals surface area contributed by atoms with Crippen molar-refractivity contribution in [3.05, 3.63) is 176 Å². The van der Waals surface area contributed by atoms with Gasteiger partial charge in [-0.1, -0.05) is 133 Å². The van der Waals surface area contributed by atoms with Gasteiger partial charge in [-0.15, -0.1) is 22.7 Å². The Balaban J connectivity index is 1.05. The lowest BCUT2D eigenvalue weighted by atomic mass is 9.95. The van der Waals surface area contributed by atoms with E-state index in [0.29, 0.717) is 5.95 Å². The molecule has 60 heavy (non-hydrogen) atoms. The van der Waals surface area contributed by atoms with Crippen molar-refractivity contribution in [1.29, 1.82) is 0 Å². The van der Waals surface area contributed by atoms with E-state index in [9.17, 15) is 0 Å². The summed E-state index contributed by atoms with van der Waals surface area (Å²) in [6, 6.07) is 63.2. The highest BCUT2D eigenvalue weighted by molar-refractivity contribution is 7.26. The number of aromatic nitrogens is 3. The van der Waals surface area contributed by atoms with Crippen LogP contribution in [0.2, 0.25) is 0 Å². The molecule has 0 radical (unpaired) electrons. The van der Waals surface area contributed by atoms with Crippen LogP contribution in [0, 0.1) is 0 Å². The molecule has 5 aromatic heterocycles. The van der Waals surface area contributed by atoms with Gasteiger partial charge in [-0.05, 0) is 75.1 Å². The minimum absolute atomic E-state index is 0.641. The predicted octanol–water partition coefficient (Wildman–Crippen LogP) is 15.8. The van der Waals surface area contributed by atoms with Crippen molar-refractivity contribution in [2.75, 3.05) is 0 Å². The van der Waals surface area contributed by atoms with Crippen LogP contribution < -0.4 is 0 Å². The van der Waals surface area contributed by atoms with Crippen LogP contribution in [0.15, 0.2) is 180 Å². The number of fused-ring (bicyclic) bond motifs is 17. The van der Waals surface area contributed by atoms with Crippen LogP contribution >= 0.6 is 22.7 Å². The average molecular weight is 800 g/mol. The first-order chi connectivity index (χ1) is 29.7. The Labute approximate surface area is 349 Å². The van der Waals surface area contributed by atoms with Gasteiger partial charge in [0.2, 0.25) is 5.95 Å². The van der Waals surface area contributed by atoms with Crippen LogP contribution in [0.4, 0.5) is 0 Å². The first-order valence-electron chi connectivity index (χ1n) is 20.1. The molecule has 14 aromatic rings. The summed E-state index contributed by atoms with van der Waals surface area (Å²) in [6.45, 7) is 0. The molecule has 4 nitrogen and oxygen atoms in total. The van der Waals surface area contributed by atoms with E-state index in [2.05, 4.69) is 180 Å². The number of nitrogens with zero attached hydrogens (tertiary/aromatic N) is 3. The summed E-state index contributed by atoms with van der Waals surface area (Å²) in [5.41, 5.74) is 9.11. The van der Waals surface area contributed by atoms with E-state index in [1.807, 2.05) is 11.3 Å². The number of hydrogen-bond donors (Lipinski definition) is 0. The number of hydrogen-bond acceptors (Lipinski definition) is 5. The van der Waals surface area contributed by atoms with Gasteiger partial charge < -0.3 is 4.42 Å². The monoisotopic (exact) mass is 799 g/mol. The second kappa shape index (κ2) is 12.1. The Morgan fingerprint density at radius 2 is 1.18 bits per heavy atom. The van der Waals surface area contributed by atoms with Gasteiger partial charge >= 0.3 is 0 Å². The van der Waals surface area contributed by atoms with Crippen molar-refractivity contribution in [3.63, 3.8) is 0 Å². The van der Waals surface area contributed by atoms with Crippen LogP contribution in [0.25, 0.3) is 134 Å². The number of benzene rings is 9. The lowest BCUT2D eigenvalue weighted by Crippen LogP contribution is -2.02. The second-order valence-electron chi connectivity index (χ2n) is 15.6. The maximum absolute atomic E-state index is 7.04. The van der Waals surface area contributed by atoms with Crippen molar-refractivity contribution in [2.45, 2.75) is 0 Å². The van der Waals surface area contributed by atoms with Gasteiger partial charge in [0.15, 0.2) is 0 Å². The van der Waals surface area contributed by atoms with Gasteiger partial charge in [0.05, 0.1) is 32.3 Å². The van der Waals surface area contributed by atoms with Crippen LogP contribution in [0.3, 0.4) is 0 Å². The summed E-state index contributed by atoms with van der Waals surface area (Å²) in [5.74, 6) is 0.641. The molecule has 0 N–H and O–H groups in total. The number of furan rings is 1. The van der Waals surface area contributed by atoms with Gasteiger partial charge in [0.1, 0.15) is 11.2 Å². The minimum Gasteiger partial charge on any atom is -0.455 e. The first-order valence-corrected chi connectivity index (χ1v) is 21.8. The summed E-state index contributed by atoms with van der Waals surface area (Å²) in [7, 11) is 0. The molecule has 278 valence electrons. The summed E-state index contributed by atoms with van der Waals surface area (Å²) in [5, 5.41) is 13.1. The van der Waals surface area contributed by atoms with Crippen LogP contribution in [-0.2, 0) is 0 Å². The van der Waals surface area contributed by atoms with Crippen molar-refractivity contribution in [3.8, 4) is 28.3 Å². The highest BCUT2D eigenvalue weighted by Crippen LogP contribution is 2.47. The topological polar surface area (TPSA) is 43.9 Å². The van der Waals surface area contributed by atoms with E-state index < -0.39 is 0 Å². The van der Waals surface area contributed by atoms with Crippen molar-refractivity contribution in [1.82, 2.24) is 14.5 Å². The Morgan fingerprint density at radius 3 is 2.08 bits per heavy atom. The van der Waals surface area contributed by atoms with E-state index in [4.69, 9.17) is 14.4 Å². The molecule has 0 bridgehead atoms. The molecule has 9 aromatic carbocycles. The quantitative estimate of drug-likeness (QED) is 0.179. The Kier molecular flexibility index (Phi) is 6.56. The molecule has 0 aliphatic heterocycles. The lowest BCUT2D eigenvalue weighted by molar-refractivity contribution is 0.673. The molecular weight excluding hydrogens is 771 g/mol. The van der Waals surface area contributed by atoms with Gasteiger partial charge in [-0.3, -0.25) is 4.57 Å². The molecule has 0 saturated carbocycles. The molecule has 0 unspecified atom stereocenters. The normalized spacial score (nSPS) is 12.3. The molecule has 0 fully saturated rings. The van der Waals surface area contributed by atoms with E-state index in [1.54, 1.807) is 11.3 Å². The summed E-state index contributed by atoms with van der Waals surface area (Å²) in [6.07, 6.45) is 0. The molecule has 0 aliphatic rings. The Morgan fingerprint density at radius 1 is 0.433 bits per heavy atom. The number of para-hydroxylation sites is 1. The number of rotatable bonds is 3. The van der Waals surface area contributed by atoms with Gasteiger partial charge in [-0.25, -0.2) is 9.97 Å². The van der Waals surface area contributed by atoms with Crippen LogP contribution in [0.5, 0.6) is 0 Å². The first kappa shape index (κ1) is 32.6. The van der Waals surface area contributed by atoms with E-state index in [-0.39, 0.29) is 0 Å². The SMILES string of the molecule is c1ccc(-c2cc3oc4c(ccc5c4c4ccccc4n5-c4nc(-c5ccc6c(c5)sc5ccc7ccccc7c56)c5sc6ccccc6c5n4)c3c3ccccc23)cc1. The van der Waals surface area contributed by atoms with Gasteiger partial charge in [0, 0.05) is 52.0 Å². The maximum atomic E-state index is 7.04. The van der Waals surface area contributed by atoms with E-state index >= 15 is 0 Å². The van der Waals surface area contributed by atoms with Gasteiger partial charge in [0.25, 0.3) is 0 Å². The smallest absolute Gasteiger partial charge is 0.235 e. The lowest BCUT2D eigenvalue weighted by Gasteiger charge is -2.10. The third kappa shape index (κ3) is 4.44. The molecule has 0 spiro atoms. The molecular formula is C54H29N3OS2. The zero-order valence-electron chi connectivity index (χ0n) is 31.8. The molecule has 0 amide bonds.